The quantitative estimate of drug-likeness (QED) is 0.107. The minimum Gasteiger partial charge on any atom is -0.459 e. The third kappa shape index (κ3) is 8.47. The van der Waals surface area contributed by atoms with Crippen molar-refractivity contribution in [2.75, 3.05) is 29.9 Å². The molecule has 0 spiro atoms. The number of nitrogens with one attached hydrogen (secondary N) is 2. The van der Waals surface area contributed by atoms with Crippen molar-refractivity contribution in [1.29, 1.82) is 0 Å². The van der Waals surface area contributed by atoms with Gasteiger partial charge in [-0.2, -0.15) is 33.7 Å². The predicted octanol–water partition coefficient (Wildman–Crippen LogP) is 2.22. The number of allylic oxidation sites excluding steroid dienone is 4. The van der Waals surface area contributed by atoms with Crippen LogP contribution in [0.3, 0.4) is 0 Å². The van der Waals surface area contributed by atoms with Crippen LogP contribution in [0.4, 0.5) is 5.69 Å². The summed E-state index contributed by atoms with van der Waals surface area (Å²) in [6.45, 7) is 3.42. The summed E-state index contributed by atoms with van der Waals surface area (Å²) in [6, 6.07) is 14.7. The summed E-state index contributed by atoms with van der Waals surface area (Å²) in [4.78, 5) is 2.18. The average Bonchev–Trinajstić information content (AvgIpc) is 3.04. The fraction of sp³-hybridized carbons (Fsp3) is 0.303. The highest BCUT2D eigenvalue weighted by atomic mass is 32.2. The fourth-order valence-corrected chi connectivity index (χ4v) is 9.07. The first-order valence-electron chi connectivity index (χ1n) is 15.8. The molecule has 19 heteroatoms. The second-order valence-corrected chi connectivity index (χ2v) is 18.4. The van der Waals surface area contributed by atoms with E-state index in [1.54, 1.807) is 32.1 Å². The van der Waals surface area contributed by atoms with E-state index in [9.17, 15) is 47.3 Å². The van der Waals surface area contributed by atoms with E-state index in [4.69, 9.17) is 9.29 Å². The monoisotopic (exact) mass is 797 g/mol. The largest absolute Gasteiger partial charge is 0.459 e. The summed E-state index contributed by atoms with van der Waals surface area (Å²) in [6.07, 6.45) is 1.79. The lowest BCUT2D eigenvalue weighted by molar-refractivity contribution is -0.458. The van der Waals surface area contributed by atoms with E-state index in [1.807, 2.05) is 0 Å². The van der Waals surface area contributed by atoms with Crippen LogP contribution in [-0.2, 0) is 52.3 Å². The van der Waals surface area contributed by atoms with Gasteiger partial charge >= 0.3 is 0 Å². The molecule has 3 aromatic rings. The second-order valence-electron chi connectivity index (χ2n) is 12.5. The number of hydrogen-bond acceptors (Lipinski definition) is 10. The molecule has 52 heavy (non-hydrogen) atoms. The molecule has 3 aromatic carbocycles. The van der Waals surface area contributed by atoms with E-state index in [0.29, 0.717) is 28.1 Å². The Morgan fingerprint density at radius 1 is 0.788 bits per heavy atom. The minimum absolute atomic E-state index is 0.0119. The van der Waals surface area contributed by atoms with E-state index in [2.05, 4.69) is 10.3 Å². The van der Waals surface area contributed by atoms with Gasteiger partial charge in [0.15, 0.2) is 0 Å². The van der Waals surface area contributed by atoms with Crippen molar-refractivity contribution in [3.05, 3.63) is 100 Å². The van der Waals surface area contributed by atoms with Crippen molar-refractivity contribution in [3.8, 4) is 5.75 Å². The van der Waals surface area contributed by atoms with Gasteiger partial charge in [0, 0.05) is 36.2 Å². The molecule has 2 aliphatic rings. The number of hydrogen-bond donors (Lipinski definition) is 6. The summed E-state index contributed by atoms with van der Waals surface area (Å²) >= 11 is 0. The Morgan fingerprint density at radius 3 is 2.02 bits per heavy atom. The molecule has 1 aliphatic heterocycles. The Bertz CT molecular complexity index is 2470. The third-order valence-corrected chi connectivity index (χ3v) is 12.3. The summed E-state index contributed by atoms with van der Waals surface area (Å²) in [5, 5.41) is 3.13. The van der Waals surface area contributed by atoms with Crippen LogP contribution in [0.2, 0.25) is 0 Å². The number of ether oxygens (including phenoxy) is 1. The third-order valence-electron chi connectivity index (χ3n) is 8.84. The molecule has 5 rings (SSSR count). The zero-order chi connectivity index (χ0) is 38.3. The Balaban J connectivity index is 1.77. The van der Waals surface area contributed by atoms with Crippen LogP contribution in [-0.4, -0.2) is 82.2 Å². The number of benzene rings is 3. The molecule has 280 valence electrons. The van der Waals surface area contributed by atoms with Crippen LogP contribution in [0, 0.1) is 6.92 Å². The van der Waals surface area contributed by atoms with Gasteiger partial charge in [-0.25, -0.2) is 4.99 Å². The highest BCUT2D eigenvalue weighted by Crippen LogP contribution is 2.50. The summed E-state index contributed by atoms with van der Waals surface area (Å²) in [7, 11) is -18.3. The molecule has 0 fully saturated rings. The van der Waals surface area contributed by atoms with Gasteiger partial charge in [0.2, 0.25) is 5.71 Å². The Labute approximate surface area is 302 Å². The van der Waals surface area contributed by atoms with Crippen LogP contribution in [0.5, 0.6) is 5.75 Å². The second kappa shape index (κ2) is 14.5. The van der Waals surface area contributed by atoms with E-state index in [0.717, 1.165) is 0 Å². The highest BCUT2D eigenvalue weighted by molar-refractivity contribution is 7.86. The maximum Gasteiger partial charge on any atom is 0.295 e. The molecule has 0 bridgehead atoms. The number of fused-ring (bicyclic) bond motifs is 1. The topological polar surface area (TPSA) is 253 Å². The van der Waals surface area contributed by atoms with E-state index in [-0.39, 0.29) is 60.5 Å². The van der Waals surface area contributed by atoms with Gasteiger partial charge in [-0.1, -0.05) is 42.5 Å². The average molecular weight is 798 g/mol. The molecule has 6 N–H and O–H groups in total. The van der Waals surface area contributed by atoms with Crippen LogP contribution < -0.4 is 15.0 Å². The summed E-state index contributed by atoms with van der Waals surface area (Å²) < 4.78 is 142. The van der Waals surface area contributed by atoms with Crippen molar-refractivity contribution in [2.24, 2.45) is 0 Å². The number of rotatable bonds is 13. The van der Waals surface area contributed by atoms with E-state index in [1.165, 1.54) is 48.5 Å². The molecular weight excluding hydrogens is 761 g/mol. The Kier molecular flexibility index (Phi) is 10.9. The predicted molar refractivity (Wildman–Crippen MR) is 192 cm³/mol. The Morgan fingerprint density at radius 2 is 1.38 bits per heavy atom. The molecular formula is C33H37N2O13S4+. The van der Waals surface area contributed by atoms with Crippen molar-refractivity contribution < 1.29 is 61.6 Å². The van der Waals surface area contributed by atoms with Crippen molar-refractivity contribution >= 4 is 57.4 Å². The maximum absolute atomic E-state index is 12.9. The lowest BCUT2D eigenvalue weighted by atomic mass is 9.67. The smallest absolute Gasteiger partial charge is 0.295 e. The van der Waals surface area contributed by atoms with Crippen molar-refractivity contribution in [3.63, 3.8) is 0 Å². The van der Waals surface area contributed by atoms with Gasteiger partial charge in [-0.15, -0.1) is 0 Å². The molecule has 0 amide bonds. The molecule has 0 radical (unpaired) electrons. The number of anilines is 1. The van der Waals surface area contributed by atoms with Crippen LogP contribution in [0.25, 0.3) is 5.57 Å². The standard InChI is InChI=1S/C33H36N2O13S4/c1-21-27(34-15-7-17-49(36,37)38)14-13-22-19-23-20-25(24-9-3-5-11-28(24)51(42,43)44)31(35-16-8-18-50(39,40)41)33(2,32(23)48-30(21)22)26-10-4-6-12-29(26)52(45,46)47/h3-6,9-14,20,34H,7-8,15-19H2,1-2H3,(H,36,37,38)(H,39,40,41)(H,42,43,44)(H,45,46,47)/p+1. The summed E-state index contributed by atoms with van der Waals surface area (Å²) in [5.41, 5.74) is 1.04. The van der Waals surface area contributed by atoms with Crippen molar-refractivity contribution in [1.82, 2.24) is 0 Å². The zero-order valence-corrected chi connectivity index (χ0v) is 31.2. The first-order valence-corrected chi connectivity index (χ1v) is 21.9. The molecule has 1 aliphatic carbocycles. The molecule has 0 aromatic heterocycles. The van der Waals surface area contributed by atoms with Gasteiger partial charge < -0.3 is 10.1 Å². The van der Waals surface area contributed by atoms with Gasteiger partial charge in [-0.05, 0) is 61.2 Å². The first kappa shape index (κ1) is 39.3. The van der Waals surface area contributed by atoms with Crippen LogP contribution >= 0.6 is 0 Å². The van der Waals surface area contributed by atoms with Crippen molar-refractivity contribution in [2.45, 2.75) is 48.3 Å². The summed E-state index contributed by atoms with van der Waals surface area (Å²) in [5.74, 6) is -0.514. The SMILES string of the molecule is Cc1c(NCCCS(=O)(=O)O)ccc2c1OC1=C(C=C(c3ccccc3S(=O)(=O)O)C(=[NH+]CCCS(=O)(=O)O)C1(C)c1ccccc1S(=O)(=O)O)C2. The van der Waals surface area contributed by atoms with E-state index < -0.39 is 67.2 Å². The molecule has 1 atom stereocenters. The van der Waals surface area contributed by atoms with Gasteiger partial charge in [0.25, 0.3) is 40.5 Å². The highest BCUT2D eigenvalue weighted by Gasteiger charge is 2.52. The maximum atomic E-state index is 12.9. The minimum atomic E-state index is -4.90. The molecule has 0 saturated heterocycles. The molecule has 1 unspecified atom stereocenters. The fourth-order valence-electron chi connectivity index (χ4n) is 6.55. The van der Waals surface area contributed by atoms with Gasteiger partial charge in [0.05, 0.1) is 22.0 Å². The van der Waals surface area contributed by atoms with Gasteiger partial charge in [0.1, 0.15) is 28.4 Å². The van der Waals surface area contributed by atoms with E-state index >= 15 is 0 Å². The first-order chi connectivity index (χ1) is 24.1. The van der Waals surface area contributed by atoms with Gasteiger partial charge in [-0.3, -0.25) is 18.2 Å². The van der Waals surface area contributed by atoms with Crippen LogP contribution in [0.1, 0.15) is 42.0 Å². The lowest BCUT2D eigenvalue weighted by Gasteiger charge is -2.39. The molecule has 1 heterocycles. The zero-order valence-electron chi connectivity index (χ0n) is 27.9. The molecule has 15 nitrogen and oxygen atoms in total. The lowest BCUT2D eigenvalue weighted by Crippen LogP contribution is -2.78. The van der Waals surface area contributed by atoms with Crippen LogP contribution in [0.15, 0.2) is 87.9 Å². The Hall–Kier alpha value is -3.95. The molecule has 0 saturated carbocycles. The normalized spacial score (nSPS) is 18.7.